The van der Waals surface area contributed by atoms with Gasteiger partial charge in [-0.25, -0.2) is 0 Å². The number of nitrogens with zero attached hydrogens (tertiary/aromatic N) is 2. The number of carbonyl (C=O) groups is 2. The van der Waals surface area contributed by atoms with Gasteiger partial charge in [-0.1, -0.05) is 6.07 Å². The van der Waals surface area contributed by atoms with Gasteiger partial charge in [0.05, 0.1) is 0 Å². The maximum absolute atomic E-state index is 12.1. The molecular weight excluding hydrogens is 336 g/mol. The minimum absolute atomic E-state index is 0.0483. The molecule has 1 aliphatic heterocycles. The van der Waals surface area contributed by atoms with E-state index in [-0.39, 0.29) is 17.4 Å². The zero-order chi connectivity index (χ0) is 17.5. The molecule has 2 N–H and O–H groups in total. The van der Waals surface area contributed by atoms with Crippen molar-refractivity contribution in [2.45, 2.75) is 50.6 Å². The zero-order valence-electron chi connectivity index (χ0n) is 14.2. The van der Waals surface area contributed by atoms with E-state index in [9.17, 15) is 9.59 Å². The molecule has 0 saturated carbocycles. The van der Waals surface area contributed by atoms with Gasteiger partial charge in [-0.2, -0.15) is 5.10 Å². The molecule has 1 fully saturated rings. The Labute approximate surface area is 151 Å². The zero-order valence-corrected chi connectivity index (χ0v) is 15.1. The van der Waals surface area contributed by atoms with Crippen molar-refractivity contribution in [3.8, 4) is 0 Å². The van der Waals surface area contributed by atoms with E-state index in [0.717, 1.165) is 25.8 Å². The number of hydrogen-bond acceptors (Lipinski definition) is 4. The lowest BCUT2D eigenvalue weighted by molar-refractivity contribution is -0.122. The molecule has 1 aliphatic rings. The second-order valence-electron chi connectivity index (χ2n) is 6.56. The summed E-state index contributed by atoms with van der Waals surface area (Å²) in [6.45, 7) is 1.44. The Kier molecular flexibility index (Phi) is 5.86. The molecule has 3 rings (SSSR count). The number of rotatable bonds is 9. The number of aromatic nitrogens is 2. The standard InChI is InChI=1S/C18H24N4O2S/c23-16(19-9-2-11-22-12-3-10-20-22)5-7-18(8-6-17(24)21-18)14-15-4-1-13-25-15/h1,3-4,10,12-13H,2,5-9,11,14H2,(H,19,23)(H,21,24). The lowest BCUT2D eigenvalue weighted by Gasteiger charge is -2.28. The highest BCUT2D eigenvalue weighted by Gasteiger charge is 2.38. The average Bonchev–Trinajstić information content (AvgIpc) is 3.34. The van der Waals surface area contributed by atoms with Gasteiger partial charge in [-0.05, 0) is 36.8 Å². The first-order chi connectivity index (χ1) is 12.2. The first-order valence-electron chi connectivity index (χ1n) is 8.73. The van der Waals surface area contributed by atoms with Crippen molar-refractivity contribution in [2.24, 2.45) is 0 Å². The first-order valence-corrected chi connectivity index (χ1v) is 9.61. The van der Waals surface area contributed by atoms with Crippen LogP contribution < -0.4 is 10.6 Å². The Morgan fingerprint density at radius 3 is 3.04 bits per heavy atom. The molecule has 2 aromatic heterocycles. The van der Waals surface area contributed by atoms with E-state index >= 15 is 0 Å². The van der Waals surface area contributed by atoms with E-state index < -0.39 is 0 Å². The van der Waals surface area contributed by atoms with Gasteiger partial charge in [-0.3, -0.25) is 14.3 Å². The van der Waals surface area contributed by atoms with Crippen LogP contribution in [0.2, 0.25) is 0 Å². The summed E-state index contributed by atoms with van der Waals surface area (Å²) in [5, 5.41) is 12.3. The lowest BCUT2D eigenvalue weighted by atomic mass is 9.87. The second kappa shape index (κ2) is 8.29. The number of nitrogens with one attached hydrogen (secondary N) is 2. The summed E-state index contributed by atoms with van der Waals surface area (Å²) in [6.07, 6.45) is 7.80. The maximum atomic E-state index is 12.1. The minimum Gasteiger partial charge on any atom is -0.356 e. The molecule has 134 valence electrons. The molecule has 25 heavy (non-hydrogen) atoms. The molecule has 2 amide bonds. The Hall–Kier alpha value is -2.15. The van der Waals surface area contributed by atoms with Gasteiger partial charge >= 0.3 is 0 Å². The lowest BCUT2D eigenvalue weighted by Crippen LogP contribution is -2.44. The third-order valence-corrected chi connectivity index (χ3v) is 5.48. The van der Waals surface area contributed by atoms with Gasteiger partial charge in [0.2, 0.25) is 11.8 Å². The highest BCUT2D eigenvalue weighted by atomic mass is 32.1. The SMILES string of the molecule is O=C(CCC1(Cc2cccs2)CCC(=O)N1)NCCCn1cccn1. The molecule has 1 saturated heterocycles. The monoisotopic (exact) mass is 360 g/mol. The second-order valence-corrected chi connectivity index (χ2v) is 7.59. The summed E-state index contributed by atoms with van der Waals surface area (Å²) in [6, 6.07) is 6.00. The maximum Gasteiger partial charge on any atom is 0.220 e. The summed E-state index contributed by atoms with van der Waals surface area (Å²) in [7, 11) is 0. The van der Waals surface area contributed by atoms with Crippen molar-refractivity contribution < 1.29 is 9.59 Å². The topological polar surface area (TPSA) is 76.0 Å². The smallest absolute Gasteiger partial charge is 0.220 e. The van der Waals surface area contributed by atoms with E-state index in [0.29, 0.717) is 25.8 Å². The van der Waals surface area contributed by atoms with Gasteiger partial charge in [0.15, 0.2) is 0 Å². The molecular formula is C18H24N4O2S. The van der Waals surface area contributed by atoms with Crippen LogP contribution in [0.25, 0.3) is 0 Å². The number of thiophene rings is 1. The number of amides is 2. The van der Waals surface area contributed by atoms with E-state index in [2.05, 4.69) is 21.8 Å². The fourth-order valence-electron chi connectivity index (χ4n) is 3.27. The van der Waals surface area contributed by atoms with Crippen molar-refractivity contribution in [3.63, 3.8) is 0 Å². The molecule has 1 unspecified atom stereocenters. The van der Waals surface area contributed by atoms with Crippen LogP contribution in [0, 0.1) is 0 Å². The summed E-state index contributed by atoms with van der Waals surface area (Å²) < 4.78 is 1.86. The van der Waals surface area contributed by atoms with Gasteiger partial charge < -0.3 is 10.6 Å². The van der Waals surface area contributed by atoms with E-state index in [4.69, 9.17) is 0 Å². The third kappa shape index (κ3) is 5.16. The fraction of sp³-hybridized carbons (Fsp3) is 0.500. The number of aryl methyl sites for hydroxylation is 1. The van der Waals surface area contributed by atoms with Crippen molar-refractivity contribution in [2.75, 3.05) is 6.54 Å². The van der Waals surface area contributed by atoms with E-state index in [1.165, 1.54) is 4.88 Å². The Morgan fingerprint density at radius 1 is 1.44 bits per heavy atom. The van der Waals surface area contributed by atoms with Crippen molar-refractivity contribution in [1.82, 2.24) is 20.4 Å². The van der Waals surface area contributed by atoms with Gasteiger partial charge in [0.1, 0.15) is 0 Å². The molecule has 0 bridgehead atoms. The largest absolute Gasteiger partial charge is 0.356 e. The van der Waals surface area contributed by atoms with Gasteiger partial charge in [0, 0.05) is 55.2 Å². The summed E-state index contributed by atoms with van der Waals surface area (Å²) >= 11 is 1.70. The highest BCUT2D eigenvalue weighted by molar-refractivity contribution is 7.09. The molecule has 3 heterocycles. The molecule has 0 radical (unpaired) electrons. The normalized spacial score (nSPS) is 19.8. The molecule has 2 aromatic rings. The first kappa shape index (κ1) is 17.7. The molecule has 0 aliphatic carbocycles. The van der Waals surface area contributed by atoms with Crippen LogP contribution in [0.4, 0.5) is 0 Å². The third-order valence-electron chi connectivity index (χ3n) is 4.60. The minimum atomic E-state index is -0.270. The Balaban J connectivity index is 1.42. The molecule has 0 spiro atoms. The van der Waals surface area contributed by atoms with E-state index in [1.54, 1.807) is 17.5 Å². The van der Waals surface area contributed by atoms with Crippen LogP contribution in [-0.2, 0) is 22.6 Å². The fourth-order valence-corrected chi connectivity index (χ4v) is 4.12. The van der Waals surface area contributed by atoms with Gasteiger partial charge in [-0.15, -0.1) is 11.3 Å². The quantitative estimate of drug-likeness (QED) is 0.673. The Morgan fingerprint density at radius 2 is 2.36 bits per heavy atom. The molecule has 7 heteroatoms. The molecule has 6 nitrogen and oxygen atoms in total. The van der Waals surface area contributed by atoms with Crippen LogP contribution in [-0.4, -0.2) is 33.7 Å². The molecule has 1 atom stereocenters. The summed E-state index contributed by atoms with van der Waals surface area (Å²) in [5.41, 5.74) is -0.270. The van der Waals surface area contributed by atoms with Crippen LogP contribution >= 0.6 is 11.3 Å². The van der Waals surface area contributed by atoms with Crippen LogP contribution in [0.3, 0.4) is 0 Å². The Bertz CT molecular complexity index is 684. The van der Waals surface area contributed by atoms with Crippen LogP contribution in [0.5, 0.6) is 0 Å². The van der Waals surface area contributed by atoms with Crippen LogP contribution in [0.1, 0.15) is 37.0 Å². The van der Waals surface area contributed by atoms with Crippen molar-refractivity contribution >= 4 is 23.2 Å². The highest BCUT2D eigenvalue weighted by Crippen LogP contribution is 2.30. The van der Waals surface area contributed by atoms with Crippen molar-refractivity contribution in [1.29, 1.82) is 0 Å². The average molecular weight is 360 g/mol. The molecule has 0 aromatic carbocycles. The predicted octanol–water partition coefficient (Wildman–Crippen LogP) is 2.12. The number of hydrogen-bond donors (Lipinski definition) is 2. The predicted molar refractivity (Wildman–Crippen MR) is 97.2 cm³/mol. The summed E-state index contributed by atoms with van der Waals surface area (Å²) in [5.74, 6) is 0.142. The summed E-state index contributed by atoms with van der Waals surface area (Å²) in [4.78, 5) is 25.1. The van der Waals surface area contributed by atoms with Gasteiger partial charge in [0.25, 0.3) is 0 Å². The van der Waals surface area contributed by atoms with Crippen molar-refractivity contribution in [3.05, 3.63) is 40.8 Å². The van der Waals surface area contributed by atoms with E-state index in [1.807, 2.05) is 28.4 Å². The van der Waals surface area contributed by atoms with Crippen LogP contribution in [0.15, 0.2) is 36.0 Å². The number of carbonyl (C=O) groups excluding carboxylic acids is 2.